The molecule has 1 fully saturated rings. The highest BCUT2D eigenvalue weighted by atomic mass is 32.1. The highest BCUT2D eigenvalue weighted by Gasteiger charge is 2.28. The second kappa shape index (κ2) is 5.72. The summed E-state index contributed by atoms with van der Waals surface area (Å²) in [6.45, 7) is 0. The van der Waals surface area contributed by atoms with E-state index in [-0.39, 0.29) is 5.56 Å². The fourth-order valence-electron chi connectivity index (χ4n) is 2.40. The van der Waals surface area contributed by atoms with Crippen molar-refractivity contribution >= 4 is 33.3 Å². The molecule has 2 aromatic heterocycles. The van der Waals surface area contributed by atoms with Gasteiger partial charge in [0, 0.05) is 23.4 Å². The number of ether oxygens (including phenoxy) is 1. The maximum Gasteiger partial charge on any atom is 0.337 e. The number of methoxy groups -OCH3 is 1. The molecule has 8 heteroatoms. The Labute approximate surface area is 140 Å². The Morgan fingerprint density at radius 2 is 2.17 bits per heavy atom. The molecule has 1 amide bonds. The molecule has 0 bridgehead atoms. The Morgan fingerprint density at radius 1 is 1.33 bits per heavy atom. The average molecular weight is 343 g/mol. The van der Waals surface area contributed by atoms with Gasteiger partial charge in [0.2, 0.25) is 5.13 Å². The fraction of sp³-hybridized carbons (Fsp3) is 0.250. The average Bonchev–Trinajstić information content (AvgIpc) is 3.33. The van der Waals surface area contributed by atoms with Crippen molar-refractivity contribution in [2.45, 2.75) is 18.8 Å². The lowest BCUT2D eigenvalue weighted by molar-refractivity contribution is 0.102. The summed E-state index contributed by atoms with van der Waals surface area (Å²) in [4.78, 5) is 24.3. The Balaban J connectivity index is 1.68. The predicted octanol–water partition coefficient (Wildman–Crippen LogP) is 2.78. The van der Waals surface area contributed by atoms with Gasteiger partial charge in [0.1, 0.15) is 16.3 Å². The van der Waals surface area contributed by atoms with Crippen molar-refractivity contribution in [3.63, 3.8) is 0 Å². The van der Waals surface area contributed by atoms with E-state index in [0.717, 1.165) is 17.8 Å². The van der Waals surface area contributed by atoms with Crippen LogP contribution in [0.15, 0.2) is 33.5 Å². The zero-order chi connectivity index (χ0) is 16.7. The summed E-state index contributed by atoms with van der Waals surface area (Å²) in [6, 6.07) is 6.13. The van der Waals surface area contributed by atoms with E-state index in [1.807, 2.05) is 0 Å². The van der Waals surface area contributed by atoms with Crippen molar-refractivity contribution in [2.24, 2.45) is 0 Å². The normalized spacial score (nSPS) is 13.9. The minimum Gasteiger partial charge on any atom is -0.497 e. The number of nitrogens with zero attached hydrogens (tertiary/aromatic N) is 2. The molecule has 1 aromatic carbocycles. The van der Waals surface area contributed by atoms with Gasteiger partial charge in [-0.15, -0.1) is 10.2 Å². The molecule has 1 aliphatic rings. The van der Waals surface area contributed by atoms with E-state index < -0.39 is 11.5 Å². The quantitative estimate of drug-likeness (QED) is 0.732. The summed E-state index contributed by atoms with van der Waals surface area (Å²) in [5.41, 5.74) is -0.0770. The van der Waals surface area contributed by atoms with E-state index in [2.05, 4.69) is 15.5 Å². The molecule has 1 aliphatic carbocycles. The SMILES string of the molecule is COc1ccc2c(C(=O)Nc3nnc(C4CC4)s3)cc(=O)oc2c1. The van der Waals surface area contributed by atoms with Crippen LogP contribution in [0.4, 0.5) is 5.13 Å². The highest BCUT2D eigenvalue weighted by Crippen LogP contribution is 2.42. The lowest BCUT2D eigenvalue weighted by Crippen LogP contribution is -2.15. The van der Waals surface area contributed by atoms with Crippen molar-refractivity contribution < 1.29 is 13.9 Å². The predicted molar refractivity (Wildman–Crippen MR) is 88.9 cm³/mol. The molecule has 2 heterocycles. The van der Waals surface area contributed by atoms with Gasteiger partial charge in [-0.2, -0.15) is 0 Å². The lowest BCUT2D eigenvalue weighted by atomic mass is 10.1. The maximum atomic E-state index is 12.5. The van der Waals surface area contributed by atoms with Crippen molar-refractivity contribution in [1.82, 2.24) is 10.2 Å². The van der Waals surface area contributed by atoms with Gasteiger partial charge in [-0.1, -0.05) is 11.3 Å². The Kier molecular flexibility index (Phi) is 3.53. The fourth-order valence-corrected chi connectivity index (χ4v) is 3.31. The van der Waals surface area contributed by atoms with Gasteiger partial charge in [-0.25, -0.2) is 4.79 Å². The number of rotatable bonds is 4. The second-order valence-corrected chi connectivity index (χ2v) is 6.52. The topological polar surface area (TPSA) is 94.3 Å². The third-order valence-electron chi connectivity index (χ3n) is 3.78. The number of hydrogen-bond acceptors (Lipinski definition) is 7. The van der Waals surface area contributed by atoms with Crippen LogP contribution in [-0.2, 0) is 0 Å². The minimum absolute atomic E-state index is 0.229. The summed E-state index contributed by atoms with van der Waals surface area (Å²) in [5.74, 6) is 0.600. The number of carbonyl (C=O) groups is 1. The number of anilines is 1. The molecular weight excluding hydrogens is 330 g/mol. The van der Waals surface area contributed by atoms with Crippen LogP contribution in [0.25, 0.3) is 11.0 Å². The highest BCUT2D eigenvalue weighted by molar-refractivity contribution is 7.15. The maximum absolute atomic E-state index is 12.5. The molecular formula is C16H13N3O4S. The molecule has 0 radical (unpaired) electrons. The number of fused-ring (bicyclic) bond motifs is 1. The number of carbonyl (C=O) groups excluding carboxylic acids is 1. The lowest BCUT2D eigenvalue weighted by Gasteiger charge is -2.06. The van der Waals surface area contributed by atoms with Crippen molar-refractivity contribution in [3.8, 4) is 5.75 Å². The van der Waals surface area contributed by atoms with E-state index in [1.54, 1.807) is 18.2 Å². The molecule has 4 rings (SSSR count). The molecule has 0 saturated heterocycles. The molecule has 24 heavy (non-hydrogen) atoms. The van der Waals surface area contributed by atoms with Gasteiger partial charge in [0.25, 0.3) is 5.91 Å². The van der Waals surface area contributed by atoms with Gasteiger partial charge < -0.3 is 9.15 Å². The molecule has 7 nitrogen and oxygen atoms in total. The van der Waals surface area contributed by atoms with Gasteiger partial charge in [-0.3, -0.25) is 10.1 Å². The van der Waals surface area contributed by atoms with E-state index in [4.69, 9.17) is 9.15 Å². The van der Waals surface area contributed by atoms with E-state index >= 15 is 0 Å². The summed E-state index contributed by atoms with van der Waals surface area (Å²) >= 11 is 1.37. The Bertz CT molecular complexity index is 990. The summed E-state index contributed by atoms with van der Waals surface area (Å²) < 4.78 is 10.3. The van der Waals surface area contributed by atoms with Crippen LogP contribution in [0.3, 0.4) is 0 Å². The molecule has 0 aliphatic heterocycles. The number of aromatic nitrogens is 2. The number of hydrogen-bond donors (Lipinski definition) is 1. The standard InChI is InChI=1S/C16H13N3O4S/c1-22-9-4-5-10-11(7-13(20)23-12(10)6-9)14(21)17-16-19-18-15(24-16)8-2-3-8/h4-8H,2-3H2,1H3,(H,17,19,21). The van der Waals surface area contributed by atoms with Crippen LogP contribution in [0.1, 0.15) is 34.1 Å². The van der Waals surface area contributed by atoms with Crippen LogP contribution in [0, 0.1) is 0 Å². The Hall–Kier alpha value is -2.74. The van der Waals surface area contributed by atoms with Gasteiger partial charge >= 0.3 is 5.63 Å². The number of amides is 1. The van der Waals surface area contributed by atoms with Crippen LogP contribution < -0.4 is 15.7 Å². The number of benzene rings is 1. The van der Waals surface area contributed by atoms with E-state index in [0.29, 0.717) is 27.8 Å². The van der Waals surface area contributed by atoms with Crippen LogP contribution in [0.2, 0.25) is 0 Å². The number of nitrogens with one attached hydrogen (secondary N) is 1. The second-order valence-electron chi connectivity index (χ2n) is 5.52. The van der Waals surface area contributed by atoms with E-state index in [9.17, 15) is 9.59 Å². The smallest absolute Gasteiger partial charge is 0.337 e. The zero-order valence-electron chi connectivity index (χ0n) is 12.7. The zero-order valence-corrected chi connectivity index (χ0v) is 13.6. The van der Waals surface area contributed by atoms with Crippen LogP contribution in [0.5, 0.6) is 5.75 Å². The molecule has 0 atom stereocenters. The van der Waals surface area contributed by atoms with Crippen LogP contribution >= 0.6 is 11.3 Å². The van der Waals surface area contributed by atoms with Crippen molar-refractivity contribution in [3.05, 3.63) is 45.3 Å². The first-order chi connectivity index (χ1) is 11.6. The molecule has 3 aromatic rings. The Morgan fingerprint density at radius 3 is 2.92 bits per heavy atom. The largest absolute Gasteiger partial charge is 0.497 e. The summed E-state index contributed by atoms with van der Waals surface area (Å²) in [7, 11) is 1.52. The molecule has 122 valence electrons. The third-order valence-corrected chi connectivity index (χ3v) is 4.79. The molecule has 1 N–H and O–H groups in total. The molecule has 1 saturated carbocycles. The van der Waals surface area contributed by atoms with Crippen molar-refractivity contribution in [1.29, 1.82) is 0 Å². The van der Waals surface area contributed by atoms with Crippen LogP contribution in [-0.4, -0.2) is 23.2 Å². The first-order valence-corrected chi connectivity index (χ1v) is 8.22. The summed E-state index contributed by atoms with van der Waals surface area (Å²) in [6.07, 6.45) is 2.24. The molecule has 0 unspecified atom stereocenters. The first kappa shape index (κ1) is 14.8. The van der Waals surface area contributed by atoms with Gasteiger partial charge in [0.05, 0.1) is 12.7 Å². The molecule has 0 spiro atoms. The monoisotopic (exact) mass is 343 g/mol. The first-order valence-electron chi connectivity index (χ1n) is 7.40. The summed E-state index contributed by atoms with van der Waals surface area (Å²) in [5, 5.41) is 12.7. The van der Waals surface area contributed by atoms with E-state index in [1.165, 1.54) is 24.5 Å². The van der Waals surface area contributed by atoms with Gasteiger partial charge in [-0.05, 0) is 25.0 Å². The van der Waals surface area contributed by atoms with Crippen molar-refractivity contribution in [2.75, 3.05) is 12.4 Å². The minimum atomic E-state index is -0.600. The van der Waals surface area contributed by atoms with Gasteiger partial charge in [0.15, 0.2) is 0 Å². The third kappa shape index (κ3) is 2.76.